The van der Waals surface area contributed by atoms with Crippen LogP contribution in [-0.2, 0) is 11.2 Å². The van der Waals surface area contributed by atoms with E-state index in [1.54, 1.807) is 12.1 Å². The van der Waals surface area contributed by atoms with E-state index in [0.717, 1.165) is 12.0 Å². The van der Waals surface area contributed by atoms with Gasteiger partial charge in [0.25, 0.3) is 0 Å². The van der Waals surface area contributed by atoms with Gasteiger partial charge in [0.15, 0.2) is 0 Å². The van der Waals surface area contributed by atoms with Crippen molar-refractivity contribution in [2.24, 2.45) is 11.7 Å². The van der Waals surface area contributed by atoms with Crippen LogP contribution in [0.25, 0.3) is 0 Å². The maximum Gasteiger partial charge on any atom is 0.231 e. The second-order valence-electron chi connectivity index (χ2n) is 4.59. The minimum Gasteiger partial charge on any atom is -0.506 e. The standard InChI is InChI=1S/C14H18N2O2/c1-2-9-3-6-13(17)12(7-9)16-14(18)10-4-5-11(15)8-10/h3-7,10-11,17H,2,8,15H2,1H3,(H,16,18). The Morgan fingerprint density at radius 2 is 2.28 bits per heavy atom. The van der Waals surface area contributed by atoms with E-state index in [-0.39, 0.29) is 23.6 Å². The topological polar surface area (TPSA) is 75.3 Å². The van der Waals surface area contributed by atoms with Crippen molar-refractivity contribution in [1.82, 2.24) is 0 Å². The van der Waals surface area contributed by atoms with Crippen LogP contribution in [0.5, 0.6) is 5.75 Å². The molecule has 1 aromatic carbocycles. The van der Waals surface area contributed by atoms with Crippen LogP contribution in [0.15, 0.2) is 30.4 Å². The number of aryl methyl sites for hydroxylation is 1. The number of hydrogen-bond acceptors (Lipinski definition) is 3. The molecular weight excluding hydrogens is 228 g/mol. The number of carbonyl (C=O) groups is 1. The number of benzene rings is 1. The maximum absolute atomic E-state index is 12.0. The Morgan fingerprint density at radius 3 is 2.89 bits per heavy atom. The Bertz CT molecular complexity index is 483. The highest BCUT2D eigenvalue weighted by Crippen LogP contribution is 2.26. The number of phenols is 1. The van der Waals surface area contributed by atoms with Crippen molar-refractivity contribution in [1.29, 1.82) is 0 Å². The maximum atomic E-state index is 12.0. The number of carbonyl (C=O) groups excluding carboxylic acids is 1. The van der Waals surface area contributed by atoms with Crippen molar-refractivity contribution in [3.8, 4) is 5.75 Å². The van der Waals surface area contributed by atoms with Crippen LogP contribution in [0.3, 0.4) is 0 Å². The second-order valence-corrected chi connectivity index (χ2v) is 4.59. The molecule has 1 aliphatic carbocycles. The molecule has 1 aromatic rings. The SMILES string of the molecule is CCc1ccc(O)c(NC(=O)C2C=CC(N)C2)c1. The van der Waals surface area contributed by atoms with Gasteiger partial charge < -0.3 is 16.2 Å². The third-order valence-electron chi connectivity index (χ3n) is 3.18. The van der Waals surface area contributed by atoms with Gasteiger partial charge in [-0.2, -0.15) is 0 Å². The Kier molecular flexibility index (Phi) is 3.67. The number of nitrogens with two attached hydrogens (primary N) is 1. The molecule has 2 atom stereocenters. The molecule has 2 unspecified atom stereocenters. The molecule has 4 N–H and O–H groups in total. The summed E-state index contributed by atoms with van der Waals surface area (Å²) in [6, 6.07) is 5.20. The van der Waals surface area contributed by atoms with Crippen molar-refractivity contribution < 1.29 is 9.90 Å². The fraction of sp³-hybridized carbons (Fsp3) is 0.357. The summed E-state index contributed by atoms with van der Waals surface area (Å²) in [7, 11) is 0. The van der Waals surface area contributed by atoms with Gasteiger partial charge >= 0.3 is 0 Å². The summed E-state index contributed by atoms with van der Waals surface area (Å²) < 4.78 is 0. The van der Waals surface area contributed by atoms with Crippen molar-refractivity contribution in [3.05, 3.63) is 35.9 Å². The normalized spacial score (nSPS) is 22.1. The number of nitrogens with one attached hydrogen (secondary N) is 1. The van der Waals surface area contributed by atoms with E-state index < -0.39 is 0 Å². The van der Waals surface area contributed by atoms with E-state index >= 15 is 0 Å². The quantitative estimate of drug-likeness (QED) is 0.562. The van der Waals surface area contributed by atoms with Crippen LogP contribution in [-0.4, -0.2) is 17.1 Å². The lowest BCUT2D eigenvalue weighted by atomic mass is 10.1. The highest BCUT2D eigenvalue weighted by atomic mass is 16.3. The molecule has 4 heteroatoms. The van der Waals surface area contributed by atoms with Crippen LogP contribution >= 0.6 is 0 Å². The first-order chi connectivity index (χ1) is 8.60. The molecule has 18 heavy (non-hydrogen) atoms. The van der Waals surface area contributed by atoms with E-state index in [9.17, 15) is 9.90 Å². The minimum absolute atomic E-state index is 0.0451. The first-order valence-electron chi connectivity index (χ1n) is 6.16. The fourth-order valence-electron chi connectivity index (χ4n) is 2.05. The molecule has 0 heterocycles. The molecule has 0 bridgehead atoms. The van der Waals surface area contributed by atoms with Gasteiger partial charge in [-0.1, -0.05) is 25.1 Å². The van der Waals surface area contributed by atoms with Crippen molar-refractivity contribution >= 4 is 11.6 Å². The van der Waals surface area contributed by atoms with Gasteiger partial charge in [0.05, 0.1) is 11.6 Å². The molecule has 2 rings (SSSR count). The third kappa shape index (κ3) is 2.71. The van der Waals surface area contributed by atoms with Crippen LogP contribution < -0.4 is 11.1 Å². The summed E-state index contributed by atoms with van der Waals surface area (Å²) in [5.74, 6) is -0.237. The first-order valence-corrected chi connectivity index (χ1v) is 6.16. The average molecular weight is 246 g/mol. The molecule has 0 aromatic heterocycles. The Morgan fingerprint density at radius 1 is 1.50 bits per heavy atom. The zero-order chi connectivity index (χ0) is 13.1. The van der Waals surface area contributed by atoms with Gasteiger partial charge in [-0.15, -0.1) is 0 Å². The predicted octanol–water partition coefficient (Wildman–Crippen LogP) is 1.80. The number of hydrogen-bond donors (Lipinski definition) is 3. The van der Waals surface area contributed by atoms with Gasteiger partial charge in [-0.3, -0.25) is 4.79 Å². The van der Waals surface area contributed by atoms with Crippen LogP contribution in [0.1, 0.15) is 18.9 Å². The minimum atomic E-state index is -0.204. The van der Waals surface area contributed by atoms with Gasteiger partial charge in [0, 0.05) is 6.04 Å². The number of rotatable bonds is 3. The smallest absolute Gasteiger partial charge is 0.231 e. The number of amides is 1. The number of anilines is 1. The summed E-state index contributed by atoms with van der Waals surface area (Å²) in [6.45, 7) is 2.02. The van der Waals surface area contributed by atoms with Crippen molar-refractivity contribution in [2.45, 2.75) is 25.8 Å². The highest BCUT2D eigenvalue weighted by molar-refractivity contribution is 5.95. The van der Waals surface area contributed by atoms with E-state index in [0.29, 0.717) is 12.1 Å². The predicted molar refractivity (Wildman–Crippen MR) is 71.3 cm³/mol. The van der Waals surface area contributed by atoms with E-state index in [2.05, 4.69) is 5.32 Å². The van der Waals surface area contributed by atoms with Gasteiger partial charge in [-0.25, -0.2) is 0 Å². The molecule has 0 spiro atoms. The van der Waals surface area contributed by atoms with Crippen molar-refractivity contribution in [3.63, 3.8) is 0 Å². The monoisotopic (exact) mass is 246 g/mol. The van der Waals surface area contributed by atoms with Gasteiger partial charge in [0.2, 0.25) is 5.91 Å². The molecule has 1 aliphatic rings. The Balaban J connectivity index is 2.09. The molecule has 96 valence electrons. The first kappa shape index (κ1) is 12.6. The van der Waals surface area contributed by atoms with Gasteiger partial charge in [-0.05, 0) is 30.5 Å². The number of aromatic hydroxyl groups is 1. The van der Waals surface area contributed by atoms with Crippen molar-refractivity contribution in [2.75, 3.05) is 5.32 Å². The summed E-state index contributed by atoms with van der Waals surface area (Å²) in [5.41, 5.74) is 7.25. The summed E-state index contributed by atoms with van der Waals surface area (Å²) in [5, 5.41) is 12.5. The summed E-state index contributed by atoms with van der Waals surface area (Å²) in [4.78, 5) is 12.0. The lowest BCUT2D eigenvalue weighted by molar-refractivity contribution is -0.118. The molecule has 0 saturated carbocycles. The second kappa shape index (κ2) is 5.23. The molecule has 0 saturated heterocycles. The molecule has 0 fully saturated rings. The van der Waals surface area contributed by atoms with Crippen LogP contribution in [0.4, 0.5) is 5.69 Å². The zero-order valence-corrected chi connectivity index (χ0v) is 10.4. The van der Waals surface area contributed by atoms with E-state index in [1.807, 2.05) is 25.1 Å². The van der Waals surface area contributed by atoms with Gasteiger partial charge in [0.1, 0.15) is 5.75 Å². The lowest BCUT2D eigenvalue weighted by Gasteiger charge is -2.12. The number of phenolic OH excluding ortho intramolecular Hbond substituents is 1. The molecule has 0 radical (unpaired) electrons. The average Bonchev–Trinajstić information content (AvgIpc) is 2.79. The molecular formula is C14H18N2O2. The van der Waals surface area contributed by atoms with Crippen LogP contribution in [0.2, 0.25) is 0 Å². The Hall–Kier alpha value is -1.81. The third-order valence-corrected chi connectivity index (χ3v) is 3.18. The molecule has 1 amide bonds. The highest BCUT2D eigenvalue weighted by Gasteiger charge is 2.23. The summed E-state index contributed by atoms with van der Waals surface area (Å²) >= 11 is 0. The largest absolute Gasteiger partial charge is 0.506 e. The van der Waals surface area contributed by atoms with E-state index in [1.165, 1.54) is 0 Å². The fourth-order valence-corrected chi connectivity index (χ4v) is 2.05. The Labute approximate surface area is 107 Å². The van der Waals surface area contributed by atoms with E-state index in [4.69, 9.17) is 5.73 Å². The zero-order valence-electron chi connectivity index (χ0n) is 10.4. The van der Waals surface area contributed by atoms with Crippen LogP contribution in [0, 0.1) is 5.92 Å². The molecule has 0 aliphatic heterocycles. The lowest BCUT2D eigenvalue weighted by Crippen LogP contribution is -2.24. The summed E-state index contributed by atoms with van der Waals surface area (Å²) in [6.07, 6.45) is 5.14. The molecule has 4 nitrogen and oxygen atoms in total.